The highest BCUT2D eigenvalue weighted by molar-refractivity contribution is 7.80. The van der Waals surface area contributed by atoms with Crippen LogP contribution in [0.5, 0.6) is 0 Å². The van der Waals surface area contributed by atoms with E-state index in [-0.39, 0.29) is 11.7 Å². The number of hydrogen-bond donors (Lipinski definition) is 2. The lowest BCUT2D eigenvalue weighted by molar-refractivity contribution is 0.161. The first-order valence-corrected chi connectivity index (χ1v) is 5.97. The second-order valence-corrected chi connectivity index (χ2v) is 5.17. The summed E-state index contributed by atoms with van der Waals surface area (Å²) in [6.45, 7) is 1.03. The van der Waals surface area contributed by atoms with Crippen LogP contribution in [0.3, 0.4) is 0 Å². The zero-order chi connectivity index (χ0) is 12.0. The number of anilines is 1. The van der Waals surface area contributed by atoms with E-state index in [2.05, 4.69) is 5.32 Å². The lowest BCUT2D eigenvalue weighted by Crippen LogP contribution is -2.36. The average Bonchev–Trinajstić information content (AvgIpc) is 2.96. The Balaban J connectivity index is 2.03. The normalized spacial score (nSPS) is 31.4. The van der Waals surface area contributed by atoms with Crippen LogP contribution in [-0.2, 0) is 10.3 Å². The topological polar surface area (TPSA) is 47.3 Å². The van der Waals surface area contributed by atoms with E-state index in [9.17, 15) is 4.39 Å². The second-order valence-electron chi connectivity index (χ2n) is 4.67. The van der Waals surface area contributed by atoms with Crippen LogP contribution in [-0.4, -0.2) is 18.2 Å². The molecule has 1 aliphatic heterocycles. The van der Waals surface area contributed by atoms with Crippen molar-refractivity contribution in [2.24, 2.45) is 5.92 Å². The van der Waals surface area contributed by atoms with Gasteiger partial charge in [-0.3, -0.25) is 0 Å². The molecule has 2 atom stereocenters. The molecular weight excluding hydrogens is 239 g/mol. The van der Waals surface area contributed by atoms with Gasteiger partial charge in [0, 0.05) is 17.2 Å². The van der Waals surface area contributed by atoms with E-state index in [1.54, 1.807) is 12.1 Å². The maximum absolute atomic E-state index is 13.9. The van der Waals surface area contributed by atoms with Crippen LogP contribution in [0.1, 0.15) is 12.0 Å². The van der Waals surface area contributed by atoms with Crippen LogP contribution >= 0.6 is 12.2 Å². The van der Waals surface area contributed by atoms with Gasteiger partial charge in [0.2, 0.25) is 0 Å². The first kappa shape index (κ1) is 10.9. The molecule has 17 heavy (non-hydrogen) atoms. The third kappa shape index (κ3) is 1.70. The van der Waals surface area contributed by atoms with E-state index in [1.807, 2.05) is 0 Å². The quantitative estimate of drug-likeness (QED) is 0.588. The molecule has 0 bridgehead atoms. The summed E-state index contributed by atoms with van der Waals surface area (Å²) in [4.78, 5) is 0.631. The van der Waals surface area contributed by atoms with E-state index < -0.39 is 5.54 Å². The van der Waals surface area contributed by atoms with Crippen molar-refractivity contribution in [3.05, 3.63) is 29.6 Å². The Bertz CT molecular complexity index is 493. The summed E-state index contributed by atoms with van der Waals surface area (Å²) in [7, 11) is 0. The van der Waals surface area contributed by atoms with E-state index in [0.717, 1.165) is 6.42 Å². The number of nitrogens with two attached hydrogens (primary N) is 1. The fraction of sp³-hybridized carbons (Fsp3) is 0.417. The van der Waals surface area contributed by atoms with Gasteiger partial charge in [0.15, 0.2) is 0 Å². The summed E-state index contributed by atoms with van der Waals surface area (Å²) < 4.78 is 19.3. The van der Waals surface area contributed by atoms with Crippen molar-refractivity contribution in [2.75, 3.05) is 18.9 Å². The molecule has 2 aliphatic rings. The highest BCUT2D eigenvalue weighted by Gasteiger charge is 2.58. The van der Waals surface area contributed by atoms with Crippen molar-refractivity contribution in [2.45, 2.75) is 12.0 Å². The molecule has 1 saturated heterocycles. The molecule has 1 heterocycles. The molecule has 1 aromatic carbocycles. The van der Waals surface area contributed by atoms with Gasteiger partial charge >= 0.3 is 0 Å². The highest BCUT2D eigenvalue weighted by Crippen LogP contribution is 2.53. The molecular formula is C12H13FN2OS. The first-order chi connectivity index (χ1) is 8.12. The van der Waals surface area contributed by atoms with Crippen LogP contribution in [0, 0.1) is 11.7 Å². The summed E-state index contributed by atoms with van der Waals surface area (Å²) in [6, 6.07) is 4.67. The number of ether oxygens (including phenoxy) is 1. The maximum Gasteiger partial charge on any atom is 0.128 e. The van der Waals surface area contributed by atoms with Crippen LogP contribution in [0.4, 0.5) is 10.1 Å². The van der Waals surface area contributed by atoms with Gasteiger partial charge in [-0.2, -0.15) is 0 Å². The fourth-order valence-corrected chi connectivity index (χ4v) is 2.81. The van der Waals surface area contributed by atoms with Gasteiger partial charge < -0.3 is 15.8 Å². The van der Waals surface area contributed by atoms with Crippen LogP contribution < -0.4 is 11.1 Å². The molecule has 3 nitrogen and oxygen atoms in total. The number of fused-ring (bicyclic) bond motifs is 1. The number of halogens is 1. The van der Waals surface area contributed by atoms with Gasteiger partial charge in [0.25, 0.3) is 0 Å². The van der Waals surface area contributed by atoms with Gasteiger partial charge in [-0.15, -0.1) is 0 Å². The molecule has 1 saturated carbocycles. The minimum atomic E-state index is -0.396. The van der Waals surface area contributed by atoms with Gasteiger partial charge in [-0.05, 0) is 24.6 Å². The molecule has 2 fully saturated rings. The monoisotopic (exact) mass is 252 g/mol. The number of thiocarbonyl (C=S) groups is 1. The SMILES string of the molecule is Nc1ccc(F)c([C@]23C[C@@H]2COCC(=S)N3)c1. The molecule has 0 unspecified atom stereocenters. The van der Waals surface area contributed by atoms with Crippen LogP contribution in [0.2, 0.25) is 0 Å². The van der Waals surface area contributed by atoms with Crippen molar-refractivity contribution in [3.8, 4) is 0 Å². The molecule has 0 aromatic heterocycles. The summed E-state index contributed by atoms with van der Waals surface area (Å²) in [5, 5.41) is 3.22. The number of benzene rings is 1. The van der Waals surface area contributed by atoms with Crippen molar-refractivity contribution in [1.82, 2.24) is 5.32 Å². The maximum atomic E-state index is 13.9. The van der Waals surface area contributed by atoms with Gasteiger partial charge in [0.05, 0.1) is 18.8 Å². The molecule has 1 aliphatic carbocycles. The Kier molecular flexibility index (Phi) is 2.34. The summed E-state index contributed by atoms with van der Waals surface area (Å²) in [6.07, 6.45) is 0.841. The number of nitrogens with one attached hydrogen (secondary N) is 1. The molecule has 3 N–H and O–H groups in total. The van der Waals surface area contributed by atoms with Gasteiger partial charge in [0.1, 0.15) is 10.8 Å². The first-order valence-electron chi connectivity index (χ1n) is 5.56. The predicted molar refractivity (Wildman–Crippen MR) is 67.2 cm³/mol. The van der Waals surface area contributed by atoms with Gasteiger partial charge in [-0.25, -0.2) is 4.39 Å². The Labute approximate surface area is 104 Å². The van der Waals surface area contributed by atoms with Crippen molar-refractivity contribution in [3.63, 3.8) is 0 Å². The minimum absolute atomic E-state index is 0.237. The van der Waals surface area contributed by atoms with Crippen LogP contribution in [0.15, 0.2) is 18.2 Å². The van der Waals surface area contributed by atoms with E-state index in [0.29, 0.717) is 29.5 Å². The lowest BCUT2D eigenvalue weighted by Gasteiger charge is -2.20. The van der Waals surface area contributed by atoms with Crippen molar-refractivity contribution >= 4 is 22.9 Å². The molecule has 1 aromatic rings. The average molecular weight is 252 g/mol. The van der Waals surface area contributed by atoms with Crippen LogP contribution in [0.25, 0.3) is 0 Å². The Morgan fingerprint density at radius 1 is 1.53 bits per heavy atom. The largest absolute Gasteiger partial charge is 0.399 e. The molecule has 0 spiro atoms. The number of rotatable bonds is 1. The second kappa shape index (κ2) is 3.65. The fourth-order valence-electron chi connectivity index (χ4n) is 2.54. The zero-order valence-corrected chi connectivity index (χ0v) is 10.0. The Morgan fingerprint density at radius 2 is 2.35 bits per heavy atom. The zero-order valence-electron chi connectivity index (χ0n) is 9.20. The summed E-state index contributed by atoms with van der Waals surface area (Å²) in [5.74, 6) is 0.0400. The number of hydrogen-bond acceptors (Lipinski definition) is 3. The van der Waals surface area contributed by atoms with E-state index in [1.165, 1.54) is 6.07 Å². The van der Waals surface area contributed by atoms with Crippen molar-refractivity contribution in [1.29, 1.82) is 0 Å². The minimum Gasteiger partial charge on any atom is -0.399 e. The molecule has 0 radical (unpaired) electrons. The summed E-state index contributed by atoms with van der Waals surface area (Å²) >= 11 is 5.15. The predicted octanol–water partition coefficient (Wildman–Crippen LogP) is 1.57. The third-order valence-electron chi connectivity index (χ3n) is 3.49. The molecule has 0 amide bonds. The molecule has 90 valence electrons. The third-order valence-corrected chi connectivity index (χ3v) is 3.71. The van der Waals surface area contributed by atoms with E-state index >= 15 is 0 Å². The molecule has 5 heteroatoms. The van der Waals surface area contributed by atoms with Crippen molar-refractivity contribution < 1.29 is 9.13 Å². The standard InChI is InChI=1S/C12H13FN2OS/c13-10-2-1-8(14)3-9(10)12-4-7(12)5-16-6-11(17)15-12/h1-3,7H,4-6,14H2,(H,15,17)/t7-,12+/m1/s1. The Hall–Kier alpha value is -1.20. The Morgan fingerprint density at radius 3 is 3.18 bits per heavy atom. The van der Waals surface area contributed by atoms with E-state index in [4.69, 9.17) is 22.7 Å². The smallest absolute Gasteiger partial charge is 0.128 e. The van der Waals surface area contributed by atoms with Gasteiger partial charge in [-0.1, -0.05) is 12.2 Å². The highest BCUT2D eigenvalue weighted by atomic mass is 32.1. The summed E-state index contributed by atoms with van der Waals surface area (Å²) in [5.41, 5.74) is 6.51. The number of nitrogen functional groups attached to an aromatic ring is 1. The molecule has 3 rings (SSSR count). The lowest BCUT2D eigenvalue weighted by atomic mass is 10.0.